The van der Waals surface area contributed by atoms with E-state index in [9.17, 15) is 0 Å². The first-order chi connectivity index (χ1) is 7.69. The van der Waals surface area contributed by atoms with E-state index in [2.05, 4.69) is 10.3 Å². The van der Waals surface area contributed by atoms with Crippen LogP contribution in [0.2, 0.25) is 0 Å². The van der Waals surface area contributed by atoms with Crippen LogP contribution < -0.4 is 11.1 Å². The number of ether oxygens (including phenoxy) is 1. The van der Waals surface area contributed by atoms with E-state index in [1.807, 2.05) is 19.1 Å². The van der Waals surface area contributed by atoms with Gasteiger partial charge in [0.25, 0.3) is 0 Å². The Labute approximate surface area is 96.2 Å². The van der Waals surface area contributed by atoms with Gasteiger partial charge in [-0.2, -0.15) is 0 Å². The van der Waals surface area contributed by atoms with Gasteiger partial charge < -0.3 is 15.8 Å². The zero-order valence-electron chi connectivity index (χ0n) is 9.86. The topological polar surface area (TPSA) is 60.2 Å². The van der Waals surface area contributed by atoms with Crippen LogP contribution in [0.15, 0.2) is 12.1 Å². The molecule has 2 unspecified atom stereocenters. The number of nitrogens with zero attached hydrogens (tertiary/aromatic N) is 1. The van der Waals surface area contributed by atoms with Gasteiger partial charge in [-0.15, -0.1) is 0 Å². The zero-order valence-corrected chi connectivity index (χ0v) is 9.86. The van der Waals surface area contributed by atoms with Crippen LogP contribution in [0.4, 0.5) is 11.5 Å². The number of hydrogen-bond donors (Lipinski definition) is 2. The monoisotopic (exact) mass is 221 g/mol. The average molecular weight is 221 g/mol. The minimum absolute atomic E-state index is 0.396. The van der Waals surface area contributed by atoms with E-state index in [1.54, 1.807) is 7.11 Å². The first-order valence-electron chi connectivity index (χ1n) is 5.71. The van der Waals surface area contributed by atoms with Crippen LogP contribution in [0.25, 0.3) is 0 Å². The van der Waals surface area contributed by atoms with E-state index in [-0.39, 0.29) is 0 Å². The Bertz CT molecular complexity index is 367. The predicted molar refractivity (Wildman–Crippen MR) is 65.4 cm³/mol. The Balaban J connectivity index is 1.97. The highest BCUT2D eigenvalue weighted by atomic mass is 16.5. The van der Waals surface area contributed by atoms with Gasteiger partial charge >= 0.3 is 0 Å². The summed E-state index contributed by atoms with van der Waals surface area (Å²) in [5, 5.41) is 3.43. The number of anilines is 2. The quantitative estimate of drug-likeness (QED) is 0.819. The summed E-state index contributed by atoms with van der Waals surface area (Å²) in [6.45, 7) is 1.92. The van der Waals surface area contributed by atoms with Crippen LogP contribution in [0.1, 0.15) is 25.0 Å². The maximum absolute atomic E-state index is 5.73. The fourth-order valence-corrected chi connectivity index (χ4v) is 2.15. The molecule has 2 atom stereocenters. The number of pyridine rings is 1. The fraction of sp³-hybridized carbons (Fsp3) is 0.583. The molecule has 1 fully saturated rings. The van der Waals surface area contributed by atoms with Crippen molar-refractivity contribution in [3.05, 3.63) is 17.8 Å². The zero-order chi connectivity index (χ0) is 11.5. The molecule has 88 valence electrons. The second-order valence-corrected chi connectivity index (χ2v) is 4.38. The van der Waals surface area contributed by atoms with Gasteiger partial charge in [0.15, 0.2) is 0 Å². The maximum Gasteiger partial charge on any atom is 0.126 e. The molecule has 16 heavy (non-hydrogen) atoms. The van der Waals surface area contributed by atoms with Gasteiger partial charge in [0.2, 0.25) is 0 Å². The summed E-state index contributed by atoms with van der Waals surface area (Å²) < 4.78 is 5.34. The van der Waals surface area contributed by atoms with Crippen LogP contribution in [-0.4, -0.2) is 24.2 Å². The number of nitrogens with one attached hydrogen (secondary N) is 1. The molecule has 3 N–H and O–H groups in total. The number of methoxy groups -OCH3 is 1. The lowest BCUT2D eigenvalue weighted by Gasteiger charge is -2.14. The number of hydrogen-bond acceptors (Lipinski definition) is 4. The molecule has 1 aliphatic rings. The summed E-state index contributed by atoms with van der Waals surface area (Å²) in [4.78, 5) is 4.41. The first kappa shape index (κ1) is 11.2. The predicted octanol–water partition coefficient (Wildman–Crippen LogP) is 1.95. The number of rotatable bonds is 3. The normalized spacial score (nSPS) is 24.6. The van der Waals surface area contributed by atoms with E-state index >= 15 is 0 Å². The molecule has 0 amide bonds. The van der Waals surface area contributed by atoms with Crippen molar-refractivity contribution in [2.24, 2.45) is 0 Å². The summed E-state index contributed by atoms with van der Waals surface area (Å²) in [7, 11) is 1.78. The Morgan fingerprint density at radius 1 is 1.44 bits per heavy atom. The second kappa shape index (κ2) is 4.70. The van der Waals surface area contributed by atoms with Gasteiger partial charge in [-0.1, -0.05) is 0 Å². The lowest BCUT2D eigenvalue weighted by Crippen LogP contribution is -2.18. The highest BCUT2D eigenvalue weighted by molar-refractivity contribution is 5.49. The Morgan fingerprint density at radius 3 is 2.88 bits per heavy atom. The SMILES string of the molecule is COC1CCC(Nc2ccc(N)c(C)n2)C1. The van der Waals surface area contributed by atoms with Crippen LogP contribution in [-0.2, 0) is 4.74 Å². The van der Waals surface area contributed by atoms with Crippen molar-refractivity contribution in [2.75, 3.05) is 18.2 Å². The highest BCUT2D eigenvalue weighted by Crippen LogP contribution is 2.24. The van der Waals surface area contributed by atoms with E-state index in [0.29, 0.717) is 12.1 Å². The Hall–Kier alpha value is -1.29. The van der Waals surface area contributed by atoms with Crippen molar-refractivity contribution >= 4 is 11.5 Å². The van der Waals surface area contributed by atoms with E-state index < -0.39 is 0 Å². The summed E-state index contributed by atoms with van der Waals surface area (Å²) in [6.07, 6.45) is 3.72. The van der Waals surface area contributed by atoms with Crippen LogP contribution in [0, 0.1) is 6.92 Å². The molecule has 1 aromatic rings. The smallest absolute Gasteiger partial charge is 0.126 e. The van der Waals surface area contributed by atoms with Crippen LogP contribution in [0.3, 0.4) is 0 Å². The second-order valence-electron chi connectivity index (χ2n) is 4.38. The van der Waals surface area contributed by atoms with Crippen molar-refractivity contribution in [2.45, 2.75) is 38.3 Å². The molecular weight excluding hydrogens is 202 g/mol. The molecule has 2 rings (SSSR count). The lowest BCUT2D eigenvalue weighted by molar-refractivity contribution is 0.108. The molecule has 1 aliphatic carbocycles. The Morgan fingerprint density at radius 2 is 2.25 bits per heavy atom. The largest absolute Gasteiger partial charge is 0.397 e. The minimum Gasteiger partial charge on any atom is -0.397 e. The van der Waals surface area contributed by atoms with Crippen molar-refractivity contribution in [1.29, 1.82) is 0 Å². The van der Waals surface area contributed by atoms with Crippen LogP contribution in [0.5, 0.6) is 0 Å². The molecular formula is C12H19N3O. The van der Waals surface area contributed by atoms with Gasteiger partial charge in [0, 0.05) is 13.2 Å². The van der Waals surface area contributed by atoms with Gasteiger partial charge in [-0.3, -0.25) is 0 Å². The van der Waals surface area contributed by atoms with E-state index in [1.165, 1.54) is 0 Å². The number of aromatic nitrogens is 1. The summed E-state index contributed by atoms with van der Waals surface area (Å²) in [6, 6.07) is 4.30. The first-order valence-corrected chi connectivity index (χ1v) is 5.71. The maximum atomic E-state index is 5.73. The third-order valence-electron chi connectivity index (χ3n) is 3.20. The van der Waals surface area contributed by atoms with Crippen molar-refractivity contribution < 1.29 is 4.74 Å². The van der Waals surface area contributed by atoms with E-state index in [4.69, 9.17) is 10.5 Å². The molecule has 1 aromatic heterocycles. The molecule has 4 heteroatoms. The van der Waals surface area contributed by atoms with E-state index in [0.717, 1.165) is 36.5 Å². The molecule has 1 saturated carbocycles. The summed E-state index contributed by atoms with van der Waals surface area (Å²) in [5.41, 5.74) is 7.35. The summed E-state index contributed by atoms with van der Waals surface area (Å²) >= 11 is 0. The molecule has 1 heterocycles. The molecule has 0 bridgehead atoms. The third-order valence-corrected chi connectivity index (χ3v) is 3.20. The molecule has 4 nitrogen and oxygen atoms in total. The summed E-state index contributed by atoms with van der Waals surface area (Å²) in [5.74, 6) is 0.911. The minimum atomic E-state index is 0.396. The van der Waals surface area contributed by atoms with Crippen LogP contribution >= 0.6 is 0 Å². The Kier molecular flexibility index (Phi) is 3.29. The average Bonchev–Trinajstić information content (AvgIpc) is 2.71. The van der Waals surface area contributed by atoms with Crippen molar-refractivity contribution in [1.82, 2.24) is 4.98 Å². The van der Waals surface area contributed by atoms with Crippen molar-refractivity contribution in [3.8, 4) is 0 Å². The number of nitrogens with two attached hydrogens (primary N) is 1. The highest BCUT2D eigenvalue weighted by Gasteiger charge is 2.24. The third kappa shape index (κ3) is 2.44. The van der Waals surface area contributed by atoms with Gasteiger partial charge in [0.1, 0.15) is 5.82 Å². The fourth-order valence-electron chi connectivity index (χ4n) is 2.15. The standard InChI is InChI=1S/C12H19N3O/c1-8-11(13)5-6-12(14-8)15-9-3-4-10(7-9)16-2/h5-6,9-10H,3-4,7,13H2,1-2H3,(H,14,15). The molecule has 0 aromatic carbocycles. The number of nitrogen functional groups attached to an aromatic ring is 1. The van der Waals surface area contributed by atoms with Gasteiger partial charge in [-0.05, 0) is 38.3 Å². The van der Waals surface area contributed by atoms with Gasteiger partial charge in [-0.25, -0.2) is 4.98 Å². The number of aryl methyl sites for hydroxylation is 1. The molecule has 0 spiro atoms. The molecule has 0 radical (unpaired) electrons. The van der Waals surface area contributed by atoms with Gasteiger partial charge in [0.05, 0.1) is 17.5 Å². The molecule has 0 saturated heterocycles. The lowest BCUT2D eigenvalue weighted by atomic mass is 10.2. The molecule has 0 aliphatic heterocycles. The van der Waals surface area contributed by atoms with Crippen molar-refractivity contribution in [3.63, 3.8) is 0 Å².